The number of aliphatic carboxylic acids is 1. The Bertz CT molecular complexity index is 1510. The van der Waals surface area contributed by atoms with Crippen LogP contribution in [0.5, 0.6) is 0 Å². The summed E-state index contributed by atoms with van der Waals surface area (Å²) in [5.74, 6) is -0.974. The second-order valence-corrected chi connectivity index (χ2v) is 10.5. The monoisotopic (exact) mass is 547 g/mol. The average molecular weight is 548 g/mol. The van der Waals surface area contributed by atoms with E-state index in [1.165, 1.54) is 5.56 Å². The number of unbranched alkanes of at least 4 members (excludes halogenated alkanes) is 1. The predicted molar refractivity (Wildman–Crippen MR) is 150 cm³/mol. The van der Waals surface area contributed by atoms with E-state index in [-0.39, 0.29) is 18.4 Å². The van der Waals surface area contributed by atoms with E-state index in [2.05, 4.69) is 5.32 Å². The van der Waals surface area contributed by atoms with E-state index in [4.69, 9.17) is 38.3 Å². The summed E-state index contributed by atoms with van der Waals surface area (Å²) in [6.07, 6.45) is 4.71. The van der Waals surface area contributed by atoms with Crippen LogP contribution in [0.4, 0.5) is 0 Å². The Hall–Kier alpha value is -3.48. The lowest BCUT2D eigenvalue weighted by atomic mass is 9.87. The van der Waals surface area contributed by atoms with Crippen LogP contribution in [0.3, 0.4) is 0 Å². The highest BCUT2D eigenvalue weighted by Gasteiger charge is 2.23. The number of aryl methyl sites for hydroxylation is 2. The Morgan fingerprint density at radius 1 is 0.921 bits per heavy atom. The highest BCUT2D eigenvalue weighted by molar-refractivity contribution is 6.31. The van der Waals surface area contributed by atoms with Crippen LogP contribution in [0.2, 0.25) is 10.0 Å². The fourth-order valence-corrected chi connectivity index (χ4v) is 5.31. The third kappa shape index (κ3) is 5.98. The van der Waals surface area contributed by atoms with Crippen molar-refractivity contribution in [1.82, 2.24) is 15.3 Å². The zero-order chi connectivity index (χ0) is 26.6. The molecule has 1 aromatic heterocycles. The summed E-state index contributed by atoms with van der Waals surface area (Å²) in [6.45, 7) is 0. The predicted octanol–water partition coefficient (Wildman–Crippen LogP) is 7.21. The highest BCUT2D eigenvalue weighted by Crippen LogP contribution is 2.32. The summed E-state index contributed by atoms with van der Waals surface area (Å²) in [7, 11) is 0. The van der Waals surface area contributed by atoms with Crippen LogP contribution in [0.25, 0.3) is 22.3 Å². The molecule has 6 nitrogen and oxygen atoms in total. The maximum absolute atomic E-state index is 13.3. The van der Waals surface area contributed by atoms with Gasteiger partial charge in [0.1, 0.15) is 0 Å². The van der Waals surface area contributed by atoms with Gasteiger partial charge in [-0.25, -0.2) is 9.97 Å². The van der Waals surface area contributed by atoms with Crippen molar-refractivity contribution in [2.45, 2.75) is 51.0 Å². The summed E-state index contributed by atoms with van der Waals surface area (Å²) in [5.41, 5.74) is 6.50. The molecule has 194 valence electrons. The topological polar surface area (TPSA) is 92.2 Å². The second kappa shape index (κ2) is 11.5. The van der Waals surface area contributed by atoms with Gasteiger partial charge in [0.2, 0.25) is 0 Å². The molecule has 0 spiro atoms. The molecule has 5 rings (SSSR count). The summed E-state index contributed by atoms with van der Waals surface area (Å²) in [5, 5.41) is 13.5. The lowest BCUT2D eigenvalue weighted by Gasteiger charge is -2.26. The molecule has 1 amide bonds. The lowest BCUT2D eigenvalue weighted by Crippen LogP contribution is -2.31. The summed E-state index contributed by atoms with van der Waals surface area (Å²) >= 11 is 12.3. The number of fused-ring (bicyclic) bond motifs is 2. The number of carboxylic acids is 1. The molecule has 0 aliphatic heterocycles. The number of aromatic nitrogens is 2. The summed E-state index contributed by atoms with van der Waals surface area (Å²) in [4.78, 5) is 34.0. The van der Waals surface area contributed by atoms with E-state index in [1.807, 2.05) is 48.5 Å². The van der Waals surface area contributed by atoms with Gasteiger partial charge in [0.05, 0.1) is 28.5 Å². The number of rotatable bonds is 8. The normalized spacial score (nSPS) is 14.7. The molecule has 0 saturated carbocycles. The molecule has 1 aliphatic rings. The number of carbonyl (C=O) groups is 2. The number of hydrogen-bond acceptors (Lipinski definition) is 4. The molecule has 0 radical (unpaired) electrons. The average Bonchev–Trinajstić information content (AvgIpc) is 2.90. The molecule has 1 heterocycles. The third-order valence-electron chi connectivity index (χ3n) is 6.90. The van der Waals surface area contributed by atoms with E-state index in [0.717, 1.165) is 41.8 Å². The summed E-state index contributed by atoms with van der Waals surface area (Å²) in [6, 6.07) is 18.6. The molecule has 3 aromatic carbocycles. The molecule has 8 heteroatoms. The van der Waals surface area contributed by atoms with Gasteiger partial charge in [0.25, 0.3) is 5.91 Å². The van der Waals surface area contributed by atoms with E-state index >= 15 is 0 Å². The molecule has 1 atom stereocenters. The minimum Gasteiger partial charge on any atom is -0.481 e. The van der Waals surface area contributed by atoms with Gasteiger partial charge in [-0.2, -0.15) is 0 Å². The van der Waals surface area contributed by atoms with E-state index in [1.54, 1.807) is 12.1 Å². The van der Waals surface area contributed by atoms with Gasteiger partial charge < -0.3 is 10.4 Å². The van der Waals surface area contributed by atoms with Crippen molar-refractivity contribution < 1.29 is 14.7 Å². The zero-order valence-electron chi connectivity index (χ0n) is 20.7. The maximum Gasteiger partial charge on any atom is 0.303 e. The standard InChI is InChI=1S/C30H27Cl2N3O3/c31-21-11-8-18(9-12-21)29-26(5-1-2-7-28(36)37)33-27-17-20(10-15-25(27)34-29)30(38)35-24-6-3-4-19-16-22(32)13-14-23(19)24/h8-17,24H,1-7H2,(H,35,38)(H,36,37)/t24-/m0/s1. The molecule has 0 fully saturated rings. The Balaban J connectivity index is 1.43. The third-order valence-corrected chi connectivity index (χ3v) is 7.38. The highest BCUT2D eigenvalue weighted by atomic mass is 35.5. The molecular weight excluding hydrogens is 521 g/mol. The summed E-state index contributed by atoms with van der Waals surface area (Å²) < 4.78 is 0. The molecule has 4 aromatic rings. The number of nitrogens with one attached hydrogen (secondary N) is 1. The fourth-order valence-electron chi connectivity index (χ4n) is 4.99. The molecule has 2 N–H and O–H groups in total. The molecule has 0 saturated heterocycles. The van der Waals surface area contributed by atoms with Crippen LogP contribution in [0.1, 0.15) is 65.3 Å². The number of halogens is 2. The molecule has 0 bridgehead atoms. The molecular formula is C30H27Cl2N3O3. The number of hydrogen-bond donors (Lipinski definition) is 2. The van der Waals surface area contributed by atoms with Crippen molar-refractivity contribution in [2.75, 3.05) is 0 Å². The van der Waals surface area contributed by atoms with Gasteiger partial charge in [-0.3, -0.25) is 9.59 Å². The quantitative estimate of drug-likeness (QED) is 0.227. The molecule has 0 unspecified atom stereocenters. The van der Waals surface area contributed by atoms with Crippen molar-refractivity contribution in [3.8, 4) is 11.3 Å². The van der Waals surface area contributed by atoms with Crippen molar-refractivity contribution >= 4 is 46.1 Å². The number of benzene rings is 3. The largest absolute Gasteiger partial charge is 0.481 e. The van der Waals surface area contributed by atoms with Crippen molar-refractivity contribution in [3.63, 3.8) is 0 Å². The number of carbonyl (C=O) groups excluding carboxylic acids is 1. The van der Waals surface area contributed by atoms with Gasteiger partial charge in [-0.1, -0.05) is 41.4 Å². The van der Waals surface area contributed by atoms with Crippen molar-refractivity contribution in [3.05, 3.63) is 93.1 Å². The maximum atomic E-state index is 13.3. The van der Waals surface area contributed by atoms with Gasteiger partial charge in [-0.05, 0) is 92.1 Å². The van der Waals surface area contributed by atoms with E-state index in [9.17, 15) is 9.59 Å². The van der Waals surface area contributed by atoms with Crippen molar-refractivity contribution in [1.29, 1.82) is 0 Å². The Kier molecular flexibility index (Phi) is 7.91. The fraction of sp³-hybridized carbons (Fsp3) is 0.267. The number of nitrogens with zero attached hydrogens (tertiary/aromatic N) is 2. The van der Waals surface area contributed by atoms with Crippen LogP contribution < -0.4 is 5.32 Å². The smallest absolute Gasteiger partial charge is 0.303 e. The van der Waals surface area contributed by atoms with Crippen molar-refractivity contribution in [2.24, 2.45) is 0 Å². The first-order valence-electron chi connectivity index (χ1n) is 12.7. The van der Waals surface area contributed by atoms with Crippen LogP contribution in [-0.4, -0.2) is 27.0 Å². The molecule has 38 heavy (non-hydrogen) atoms. The van der Waals surface area contributed by atoms with Gasteiger partial charge in [0, 0.05) is 27.6 Å². The van der Waals surface area contributed by atoms with Gasteiger partial charge in [-0.15, -0.1) is 0 Å². The van der Waals surface area contributed by atoms with E-state index < -0.39 is 5.97 Å². The minimum absolute atomic E-state index is 0.0672. The first kappa shape index (κ1) is 26.1. The zero-order valence-corrected chi connectivity index (χ0v) is 22.2. The lowest BCUT2D eigenvalue weighted by molar-refractivity contribution is -0.137. The van der Waals surface area contributed by atoms with Crippen LogP contribution in [0, 0.1) is 0 Å². The minimum atomic E-state index is -0.813. The first-order chi connectivity index (χ1) is 18.4. The Morgan fingerprint density at radius 3 is 2.50 bits per heavy atom. The SMILES string of the molecule is O=C(O)CCCCc1nc2cc(C(=O)N[C@H]3CCCc4cc(Cl)ccc43)ccc2nc1-c1ccc(Cl)cc1. The first-order valence-corrected chi connectivity index (χ1v) is 13.5. The Labute approximate surface area is 231 Å². The van der Waals surface area contributed by atoms with Crippen LogP contribution in [0.15, 0.2) is 60.7 Å². The number of carboxylic acid groups (broad SMARTS) is 1. The Morgan fingerprint density at radius 2 is 1.71 bits per heavy atom. The molecule has 1 aliphatic carbocycles. The van der Waals surface area contributed by atoms with Crippen LogP contribution in [-0.2, 0) is 17.6 Å². The van der Waals surface area contributed by atoms with Gasteiger partial charge >= 0.3 is 5.97 Å². The second-order valence-electron chi connectivity index (χ2n) is 9.59. The number of amides is 1. The van der Waals surface area contributed by atoms with Crippen LogP contribution >= 0.6 is 23.2 Å². The van der Waals surface area contributed by atoms with E-state index in [0.29, 0.717) is 45.9 Å². The van der Waals surface area contributed by atoms with Gasteiger partial charge in [0.15, 0.2) is 0 Å².